The molecule has 0 amide bonds. The van der Waals surface area contributed by atoms with E-state index in [9.17, 15) is 4.79 Å². The van der Waals surface area contributed by atoms with E-state index in [-0.39, 0.29) is 5.91 Å². The van der Waals surface area contributed by atoms with E-state index in [2.05, 4.69) is 9.97 Å². The standard InChI is InChI=1S/C15H13N3O2/c19-15(18-8-7-16-11-18)5-9-20-13-3-4-14-12(10-13)2-1-6-17-14/h1-4,6-8,10-11H,5,9H2. The first-order valence-corrected chi connectivity index (χ1v) is 6.32. The maximum Gasteiger partial charge on any atom is 0.235 e. The number of fused-ring (bicyclic) bond motifs is 1. The number of pyridine rings is 1. The van der Waals surface area contributed by atoms with Gasteiger partial charge in [0.15, 0.2) is 0 Å². The van der Waals surface area contributed by atoms with Crippen LogP contribution in [0.25, 0.3) is 10.9 Å². The first-order valence-electron chi connectivity index (χ1n) is 6.32. The lowest BCUT2D eigenvalue weighted by molar-refractivity contribution is 0.0881. The highest BCUT2D eigenvalue weighted by molar-refractivity contribution is 5.80. The summed E-state index contributed by atoms with van der Waals surface area (Å²) >= 11 is 0. The number of hydrogen-bond donors (Lipinski definition) is 0. The van der Waals surface area contributed by atoms with Crippen molar-refractivity contribution in [1.82, 2.24) is 14.5 Å². The van der Waals surface area contributed by atoms with E-state index in [0.29, 0.717) is 13.0 Å². The number of ether oxygens (including phenoxy) is 1. The van der Waals surface area contributed by atoms with E-state index >= 15 is 0 Å². The van der Waals surface area contributed by atoms with Crippen molar-refractivity contribution < 1.29 is 9.53 Å². The van der Waals surface area contributed by atoms with Crippen LogP contribution in [0.3, 0.4) is 0 Å². The second-order valence-corrected chi connectivity index (χ2v) is 4.32. The van der Waals surface area contributed by atoms with Gasteiger partial charge in [-0.1, -0.05) is 6.07 Å². The average Bonchev–Trinajstić information content (AvgIpc) is 3.01. The number of carbonyl (C=O) groups is 1. The molecule has 0 atom stereocenters. The van der Waals surface area contributed by atoms with Crippen molar-refractivity contribution in [3.63, 3.8) is 0 Å². The van der Waals surface area contributed by atoms with Gasteiger partial charge < -0.3 is 4.74 Å². The zero-order valence-electron chi connectivity index (χ0n) is 10.8. The van der Waals surface area contributed by atoms with Gasteiger partial charge in [0, 0.05) is 24.0 Å². The predicted molar refractivity (Wildman–Crippen MR) is 74.7 cm³/mol. The molecule has 3 aromatic rings. The van der Waals surface area contributed by atoms with Crippen LogP contribution >= 0.6 is 0 Å². The summed E-state index contributed by atoms with van der Waals surface area (Å²) in [6, 6.07) is 9.55. The highest BCUT2D eigenvalue weighted by Crippen LogP contribution is 2.18. The maximum atomic E-state index is 11.7. The van der Waals surface area contributed by atoms with E-state index in [4.69, 9.17) is 4.74 Å². The van der Waals surface area contributed by atoms with Crippen molar-refractivity contribution >= 4 is 16.8 Å². The Hall–Kier alpha value is -2.69. The van der Waals surface area contributed by atoms with Gasteiger partial charge in [0.2, 0.25) is 5.91 Å². The van der Waals surface area contributed by atoms with Crippen molar-refractivity contribution in [3.05, 3.63) is 55.2 Å². The third kappa shape index (κ3) is 2.66. The lowest BCUT2D eigenvalue weighted by Gasteiger charge is -2.06. The normalized spacial score (nSPS) is 10.6. The molecule has 0 unspecified atom stereocenters. The molecule has 0 aliphatic carbocycles. The van der Waals surface area contributed by atoms with E-state index in [1.165, 1.54) is 10.9 Å². The molecular weight excluding hydrogens is 254 g/mol. The predicted octanol–water partition coefficient (Wildman–Crippen LogP) is 2.54. The topological polar surface area (TPSA) is 57.0 Å². The quantitative estimate of drug-likeness (QED) is 0.729. The Morgan fingerprint density at radius 2 is 2.20 bits per heavy atom. The van der Waals surface area contributed by atoms with Crippen molar-refractivity contribution in [3.8, 4) is 5.75 Å². The molecule has 20 heavy (non-hydrogen) atoms. The molecule has 5 nitrogen and oxygen atoms in total. The van der Waals surface area contributed by atoms with Crippen molar-refractivity contribution in [1.29, 1.82) is 0 Å². The monoisotopic (exact) mass is 267 g/mol. The lowest BCUT2D eigenvalue weighted by atomic mass is 10.2. The van der Waals surface area contributed by atoms with Gasteiger partial charge >= 0.3 is 0 Å². The Balaban J connectivity index is 1.61. The Kier molecular flexibility index (Phi) is 3.41. The molecule has 3 rings (SSSR count). The molecule has 0 saturated heterocycles. The van der Waals surface area contributed by atoms with Crippen LogP contribution in [-0.4, -0.2) is 27.0 Å². The highest BCUT2D eigenvalue weighted by Gasteiger charge is 2.04. The number of nitrogens with zero attached hydrogens (tertiary/aromatic N) is 3. The number of hydrogen-bond acceptors (Lipinski definition) is 4. The summed E-state index contributed by atoms with van der Waals surface area (Å²) < 4.78 is 7.05. The maximum absolute atomic E-state index is 11.7. The molecule has 0 aliphatic rings. The number of aromatic nitrogens is 3. The molecule has 0 fully saturated rings. The largest absolute Gasteiger partial charge is 0.493 e. The molecule has 0 bridgehead atoms. The summed E-state index contributed by atoms with van der Waals surface area (Å²) in [5, 5.41) is 1.02. The molecule has 1 aromatic carbocycles. The van der Waals surface area contributed by atoms with Crippen LogP contribution in [0.2, 0.25) is 0 Å². The highest BCUT2D eigenvalue weighted by atomic mass is 16.5. The van der Waals surface area contributed by atoms with Crippen molar-refractivity contribution in [2.75, 3.05) is 6.61 Å². The summed E-state index contributed by atoms with van der Waals surface area (Å²) in [6.07, 6.45) is 6.76. The molecule has 5 heteroatoms. The van der Waals surface area contributed by atoms with Crippen LogP contribution in [-0.2, 0) is 0 Å². The molecule has 2 heterocycles. The minimum absolute atomic E-state index is 0.0371. The molecule has 0 N–H and O–H groups in total. The van der Waals surface area contributed by atoms with Crippen molar-refractivity contribution in [2.24, 2.45) is 0 Å². The van der Waals surface area contributed by atoms with Gasteiger partial charge in [0.25, 0.3) is 0 Å². The number of carbonyl (C=O) groups excluding carboxylic acids is 1. The third-order valence-electron chi connectivity index (χ3n) is 2.95. The van der Waals surface area contributed by atoms with E-state index in [0.717, 1.165) is 16.7 Å². The summed E-state index contributed by atoms with van der Waals surface area (Å²) in [5.41, 5.74) is 0.925. The summed E-state index contributed by atoms with van der Waals surface area (Å²) in [7, 11) is 0. The third-order valence-corrected chi connectivity index (χ3v) is 2.95. The van der Waals surface area contributed by atoms with E-state index in [1.54, 1.807) is 18.6 Å². The molecule has 0 saturated carbocycles. The Bertz CT molecular complexity index is 723. The van der Waals surface area contributed by atoms with Gasteiger partial charge in [0.1, 0.15) is 12.1 Å². The minimum atomic E-state index is -0.0371. The van der Waals surface area contributed by atoms with Gasteiger partial charge in [-0.05, 0) is 24.3 Å². The van der Waals surface area contributed by atoms with Crippen molar-refractivity contribution in [2.45, 2.75) is 6.42 Å². The average molecular weight is 267 g/mol. The number of rotatable bonds is 4. The Labute approximate surface area is 115 Å². The van der Waals surface area contributed by atoms with Gasteiger partial charge in [0.05, 0.1) is 18.5 Å². The smallest absolute Gasteiger partial charge is 0.235 e. The fourth-order valence-electron chi connectivity index (χ4n) is 1.94. The van der Waals surface area contributed by atoms with E-state index < -0.39 is 0 Å². The van der Waals surface area contributed by atoms with Crippen LogP contribution in [0.15, 0.2) is 55.2 Å². The van der Waals surface area contributed by atoms with Crippen LogP contribution in [0.1, 0.15) is 11.2 Å². The molecule has 0 radical (unpaired) electrons. The first-order chi connectivity index (χ1) is 9.83. The summed E-state index contributed by atoms with van der Waals surface area (Å²) in [6.45, 7) is 0.336. The Morgan fingerprint density at radius 3 is 3.05 bits per heavy atom. The second-order valence-electron chi connectivity index (χ2n) is 4.32. The van der Waals surface area contributed by atoms with Crippen LogP contribution < -0.4 is 4.74 Å². The van der Waals surface area contributed by atoms with Gasteiger partial charge in [-0.2, -0.15) is 0 Å². The summed E-state index contributed by atoms with van der Waals surface area (Å²) in [5.74, 6) is 0.703. The molecule has 2 aromatic heterocycles. The second kappa shape index (κ2) is 5.52. The zero-order chi connectivity index (χ0) is 13.8. The van der Waals surface area contributed by atoms with Crippen LogP contribution in [0.4, 0.5) is 0 Å². The fraction of sp³-hybridized carbons (Fsp3) is 0.133. The van der Waals surface area contributed by atoms with Crippen LogP contribution in [0, 0.1) is 0 Å². The molecule has 0 spiro atoms. The molecule has 100 valence electrons. The Morgan fingerprint density at radius 1 is 1.25 bits per heavy atom. The fourth-order valence-corrected chi connectivity index (χ4v) is 1.94. The molecule has 0 aliphatic heterocycles. The van der Waals surface area contributed by atoms with Crippen LogP contribution in [0.5, 0.6) is 5.75 Å². The first kappa shape index (κ1) is 12.3. The van der Waals surface area contributed by atoms with Gasteiger partial charge in [-0.25, -0.2) is 4.98 Å². The lowest BCUT2D eigenvalue weighted by Crippen LogP contribution is -2.12. The SMILES string of the molecule is O=C(CCOc1ccc2ncccc2c1)n1ccnc1. The zero-order valence-corrected chi connectivity index (χ0v) is 10.8. The minimum Gasteiger partial charge on any atom is -0.493 e. The van der Waals surface area contributed by atoms with Gasteiger partial charge in [-0.3, -0.25) is 14.3 Å². The number of benzene rings is 1. The molecular formula is C15H13N3O2. The van der Waals surface area contributed by atoms with E-state index in [1.807, 2.05) is 30.3 Å². The van der Waals surface area contributed by atoms with Gasteiger partial charge in [-0.15, -0.1) is 0 Å². The summed E-state index contributed by atoms with van der Waals surface area (Å²) in [4.78, 5) is 19.8. The number of imidazole rings is 1.